The zero-order valence-corrected chi connectivity index (χ0v) is 17.1. The molecule has 3 rings (SSSR count). The molecule has 3 aromatic rings. The second-order valence-corrected chi connectivity index (χ2v) is 8.09. The van der Waals surface area contributed by atoms with Gasteiger partial charge < -0.3 is 9.30 Å². The predicted molar refractivity (Wildman–Crippen MR) is 108 cm³/mol. The monoisotopic (exact) mass is 450 g/mol. The average molecular weight is 451 g/mol. The number of thiazole rings is 1. The summed E-state index contributed by atoms with van der Waals surface area (Å²) in [5.41, 5.74) is 0.833. The van der Waals surface area contributed by atoms with Crippen LogP contribution in [0.15, 0.2) is 51.3 Å². The standard InChI is InChI=1S/C18H15BrN2O3S2/c1-2-24-17(23)11-21-14-7-5-12(19)10-15(14)26-18(21)20-16(22)8-6-13-4-3-9-25-13/h3-10H,2,11H2,1H3. The third-order valence-corrected chi connectivity index (χ3v) is 5.75. The van der Waals surface area contributed by atoms with Gasteiger partial charge in [-0.3, -0.25) is 9.59 Å². The Bertz CT molecular complexity index is 1030. The zero-order valence-electron chi connectivity index (χ0n) is 13.8. The van der Waals surface area contributed by atoms with Crippen LogP contribution in [0.4, 0.5) is 0 Å². The van der Waals surface area contributed by atoms with Gasteiger partial charge >= 0.3 is 5.97 Å². The van der Waals surface area contributed by atoms with Crippen molar-refractivity contribution < 1.29 is 14.3 Å². The number of esters is 1. The second kappa shape index (κ2) is 8.57. The molecular formula is C18H15BrN2O3S2. The summed E-state index contributed by atoms with van der Waals surface area (Å²) < 4.78 is 8.60. The van der Waals surface area contributed by atoms with Crippen LogP contribution in [0.5, 0.6) is 0 Å². The maximum absolute atomic E-state index is 12.2. The summed E-state index contributed by atoms with van der Waals surface area (Å²) in [7, 11) is 0. The molecule has 1 amide bonds. The number of aromatic nitrogens is 1. The number of carbonyl (C=O) groups excluding carboxylic acids is 2. The van der Waals surface area contributed by atoms with Crippen molar-refractivity contribution in [3.63, 3.8) is 0 Å². The molecule has 0 radical (unpaired) electrons. The quantitative estimate of drug-likeness (QED) is 0.431. The Kier molecular flexibility index (Phi) is 6.18. The summed E-state index contributed by atoms with van der Waals surface area (Å²) in [6.07, 6.45) is 3.16. The lowest BCUT2D eigenvalue weighted by molar-refractivity contribution is -0.143. The van der Waals surface area contributed by atoms with E-state index in [9.17, 15) is 9.59 Å². The summed E-state index contributed by atoms with van der Waals surface area (Å²) in [5.74, 6) is -0.736. The smallest absolute Gasteiger partial charge is 0.326 e. The number of nitrogens with zero attached hydrogens (tertiary/aromatic N) is 2. The lowest BCUT2D eigenvalue weighted by atomic mass is 10.3. The van der Waals surface area contributed by atoms with Gasteiger partial charge in [-0.25, -0.2) is 0 Å². The number of carbonyl (C=O) groups is 2. The van der Waals surface area contributed by atoms with Crippen LogP contribution in [0.25, 0.3) is 16.3 Å². The first-order chi connectivity index (χ1) is 12.6. The van der Waals surface area contributed by atoms with E-state index >= 15 is 0 Å². The van der Waals surface area contributed by atoms with E-state index in [-0.39, 0.29) is 18.4 Å². The first kappa shape index (κ1) is 18.8. The van der Waals surface area contributed by atoms with Crippen molar-refractivity contribution >= 4 is 66.8 Å². The van der Waals surface area contributed by atoms with E-state index in [4.69, 9.17) is 4.74 Å². The van der Waals surface area contributed by atoms with Gasteiger partial charge in [0.05, 0.1) is 16.8 Å². The van der Waals surface area contributed by atoms with E-state index in [1.54, 1.807) is 28.9 Å². The van der Waals surface area contributed by atoms with E-state index in [1.807, 2.05) is 35.7 Å². The number of benzene rings is 1. The van der Waals surface area contributed by atoms with Crippen LogP contribution in [0, 0.1) is 0 Å². The highest BCUT2D eigenvalue weighted by Crippen LogP contribution is 2.22. The van der Waals surface area contributed by atoms with Crippen molar-refractivity contribution in [1.82, 2.24) is 4.57 Å². The Morgan fingerprint density at radius 2 is 2.19 bits per heavy atom. The Morgan fingerprint density at radius 1 is 1.35 bits per heavy atom. The summed E-state index contributed by atoms with van der Waals surface area (Å²) >= 11 is 6.34. The highest BCUT2D eigenvalue weighted by Gasteiger charge is 2.12. The molecule has 134 valence electrons. The fraction of sp³-hybridized carbons (Fsp3) is 0.167. The number of halogens is 1. The van der Waals surface area contributed by atoms with Crippen LogP contribution >= 0.6 is 38.6 Å². The molecule has 0 saturated heterocycles. The number of rotatable bonds is 5. The van der Waals surface area contributed by atoms with Gasteiger partial charge in [-0.1, -0.05) is 33.3 Å². The predicted octanol–water partition coefficient (Wildman–Crippen LogP) is 4.23. The maximum atomic E-state index is 12.2. The molecule has 1 aromatic carbocycles. The number of ether oxygens (including phenoxy) is 1. The molecule has 0 aliphatic heterocycles. The van der Waals surface area contributed by atoms with Crippen molar-refractivity contribution in [2.75, 3.05) is 6.61 Å². The minimum absolute atomic E-state index is 0.0101. The minimum atomic E-state index is -0.373. The molecule has 2 heterocycles. The van der Waals surface area contributed by atoms with Crippen LogP contribution in [0.2, 0.25) is 0 Å². The Hall–Kier alpha value is -2.03. The normalized spacial score (nSPS) is 12.2. The third-order valence-electron chi connectivity index (χ3n) is 3.38. The molecule has 8 heteroatoms. The number of thiophene rings is 1. The summed E-state index contributed by atoms with van der Waals surface area (Å²) in [4.78, 5) is 29.8. The molecule has 0 fully saturated rings. The molecule has 0 spiro atoms. The van der Waals surface area contributed by atoms with E-state index in [2.05, 4.69) is 20.9 Å². The Labute approximate surface area is 166 Å². The van der Waals surface area contributed by atoms with E-state index in [1.165, 1.54) is 17.4 Å². The largest absolute Gasteiger partial charge is 0.465 e. The lowest BCUT2D eigenvalue weighted by Crippen LogP contribution is -2.22. The lowest BCUT2D eigenvalue weighted by Gasteiger charge is -2.04. The average Bonchev–Trinajstić information content (AvgIpc) is 3.22. The summed E-state index contributed by atoms with van der Waals surface area (Å²) in [6, 6.07) is 9.56. The molecule has 0 N–H and O–H groups in total. The summed E-state index contributed by atoms with van der Waals surface area (Å²) in [6.45, 7) is 2.08. The van der Waals surface area contributed by atoms with Crippen LogP contribution < -0.4 is 4.80 Å². The fourth-order valence-corrected chi connectivity index (χ4v) is 4.50. The number of amides is 1. The molecule has 0 aliphatic rings. The van der Waals surface area contributed by atoms with Crippen molar-refractivity contribution in [3.8, 4) is 0 Å². The van der Waals surface area contributed by atoms with Gasteiger partial charge in [0, 0.05) is 15.4 Å². The first-order valence-corrected chi connectivity index (χ1v) is 10.3. The van der Waals surface area contributed by atoms with Gasteiger partial charge in [0.1, 0.15) is 6.54 Å². The van der Waals surface area contributed by atoms with Crippen molar-refractivity contribution in [3.05, 3.63) is 55.9 Å². The molecule has 2 aromatic heterocycles. The van der Waals surface area contributed by atoms with Crippen LogP contribution in [-0.2, 0) is 20.9 Å². The summed E-state index contributed by atoms with van der Waals surface area (Å²) in [5, 5.41) is 1.94. The molecule has 0 saturated carbocycles. The molecular weight excluding hydrogens is 436 g/mol. The van der Waals surface area contributed by atoms with Gasteiger partial charge in [0.25, 0.3) is 5.91 Å². The van der Waals surface area contributed by atoms with Gasteiger partial charge in [-0.05, 0) is 42.6 Å². The van der Waals surface area contributed by atoms with E-state index in [0.29, 0.717) is 11.4 Å². The second-order valence-electron chi connectivity index (χ2n) is 5.19. The number of hydrogen-bond acceptors (Lipinski definition) is 5. The molecule has 5 nitrogen and oxygen atoms in total. The Balaban J connectivity index is 1.99. The maximum Gasteiger partial charge on any atom is 0.326 e. The first-order valence-electron chi connectivity index (χ1n) is 7.81. The van der Waals surface area contributed by atoms with Crippen molar-refractivity contribution in [2.24, 2.45) is 4.99 Å². The third kappa shape index (κ3) is 4.57. The van der Waals surface area contributed by atoms with Gasteiger partial charge in [-0.2, -0.15) is 4.99 Å². The SMILES string of the molecule is CCOC(=O)Cn1c(=NC(=O)C=Cc2cccs2)sc2cc(Br)ccc21. The van der Waals surface area contributed by atoms with Gasteiger partial charge in [0.2, 0.25) is 0 Å². The van der Waals surface area contributed by atoms with E-state index < -0.39 is 0 Å². The topological polar surface area (TPSA) is 60.7 Å². The van der Waals surface area contributed by atoms with E-state index in [0.717, 1.165) is 19.6 Å². The van der Waals surface area contributed by atoms with Gasteiger partial charge in [-0.15, -0.1) is 11.3 Å². The fourth-order valence-electron chi connectivity index (χ4n) is 2.29. The highest BCUT2D eigenvalue weighted by molar-refractivity contribution is 9.10. The minimum Gasteiger partial charge on any atom is -0.465 e. The molecule has 0 bridgehead atoms. The number of fused-ring (bicyclic) bond motifs is 1. The van der Waals surface area contributed by atoms with Crippen molar-refractivity contribution in [2.45, 2.75) is 13.5 Å². The molecule has 0 aliphatic carbocycles. The molecule has 0 unspecified atom stereocenters. The molecule has 26 heavy (non-hydrogen) atoms. The zero-order chi connectivity index (χ0) is 18.5. The highest BCUT2D eigenvalue weighted by atomic mass is 79.9. The molecule has 0 atom stereocenters. The Morgan fingerprint density at radius 3 is 2.92 bits per heavy atom. The van der Waals surface area contributed by atoms with Crippen molar-refractivity contribution in [1.29, 1.82) is 0 Å². The van der Waals surface area contributed by atoms with Crippen LogP contribution in [-0.4, -0.2) is 23.1 Å². The van der Waals surface area contributed by atoms with Crippen LogP contribution in [0.3, 0.4) is 0 Å². The number of hydrogen-bond donors (Lipinski definition) is 0. The van der Waals surface area contributed by atoms with Crippen LogP contribution in [0.1, 0.15) is 11.8 Å². The van der Waals surface area contributed by atoms with Gasteiger partial charge in [0.15, 0.2) is 4.80 Å².